The molecule has 0 aliphatic carbocycles. The van der Waals surface area contributed by atoms with Crippen LogP contribution in [0.5, 0.6) is 0 Å². The average molecular weight is 254 g/mol. The highest BCUT2D eigenvalue weighted by Gasteiger charge is 2.35. The lowest BCUT2D eigenvalue weighted by Crippen LogP contribution is -2.14. The lowest BCUT2D eigenvalue weighted by molar-refractivity contribution is -0.141. The first-order valence-corrected chi connectivity index (χ1v) is 6.96. The second kappa shape index (κ2) is 5.04. The summed E-state index contributed by atoms with van der Waals surface area (Å²) in [7, 11) is 0. The molecule has 2 aromatic carbocycles. The third kappa shape index (κ3) is 2.35. The van der Waals surface area contributed by atoms with Gasteiger partial charge in [0.1, 0.15) is 6.10 Å². The van der Waals surface area contributed by atoms with Gasteiger partial charge >= 0.3 is 5.97 Å². The van der Waals surface area contributed by atoms with Crippen LogP contribution in [0.4, 0.5) is 0 Å². The van der Waals surface area contributed by atoms with Crippen LogP contribution in [0.3, 0.4) is 0 Å². The Bertz CT molecular complexity index is 603. The molecule has 0 radical (unpaired) electrons. The molecule has 1 fully saturated rings. The maximum Gasteiger partial charge on any atom is 0.306 e. The summed E-state index contributed by atoms with van der Waals surface area (Å²) in [5.74, 6) is 0.161. The van der Waals surface area contributed by atoms with Crippen molar-refractivity contribution in [1.82, 2.24) is 0 Å². The van der Waals surface area contributed by atoms with Crippen LogP contribution in [0.1, 0.15) is 37.7 Å². The van der Waals surface area contributed by atoms with Crippen molar-refractivity contribution in [2.75, 3.05) is 0 Å². The van der Waals surface area contributed by atoms with Crippen LogP contribution in [0.2, 0.25) is 0 Å². The summed E-state index contributed by atoms with van der Waals surface area (Å²) in [4.78, 5) is 11.6. The number of carbonyl (C=O) groups excluding carboxylic acids is 1. The van der Waals surface area contributed by atoms with Gasteiger partial charge in [0.15, 0.2) is 0 Å². The summed E-state index contributed by atoms with van der Waals surface area (Å²) in [6, 6.07) is 14.8. The molecular weight excluding hydrogens is 236 g/mol. The number of ether oxygens (including phenoxy) is 1. The lowest BCUT2D eigenvalue weighted by atomic mass is 9.89. The zero-order valence-corrected chi connectivity index (χ0v) is 11.1. The number of esters is 1. The van der Waals surface area contributed by atoms with Gasteiger partial charge in [-0.15, -0.1) is 0 Å². The predicted molar refractivity (Wildman–Crippen MR) is 76.1 cm³/mol. The topological polar surface area (TPSA) is 26.3 Å². The Kier molecular flexibility index (Phi) is 3.24. The van der Waals surface area contributed by atoms with Crippen molar-refractivity contribution in [3.8, 4) is 0 Å². The standard InChI is InChI=1S/C17H18O2/c1-2-5-16-15(11-17(18)19-16)14-9-8-12-6-3-4-7-13(12)10-14/h3-4,6-10,15-16H,2,5,11H2,1H3/t15-,16+/m1/s1. The maximum atomic E-state index is 11.6. The molecule has 1 heterocycles. The summed E-state index contributed by atoms with van der Waals surface area (Å²) in [5, 5.41) is 2.47. The summed E-state index contributed by atoms with van der Waals surface area (Å²) in [5.41, 5.74) is 1.23. The predicted octanol–water partition coefficient (Wildman–Crippen LogP) is 4.04. The average Bonchev–Trinajstić information content (AvgIpc) is 2.80. The van der Waals surface area contributed by atoms with E-state index < -0.39 is 0 Å². The molecule has 1 saturated heterocycles. The zero-order valence-electron chi connectivity index (χ0n) is 11.1. The number of carbonyl (C=O) groups is 1. The van der Waals surface area contributed by atoms with Crippen LogP contribution in [0, 0.1) is 0 Å². The van der Waals surface area contributed by atoms with Crippen LogP contribution < -0.4 is 0 Å². The third-order valence-corrected chi connectivity index (χ3v) is 3.89. The summed E-state index contributed by atoms with van der Waals surface area (Å²) < 4.78 is 5.44. The fourth-order valence-electron chi connectivity index (χ4n) is 2.93. The Morgan fingerprint density at radius 2 is 1.95 bits per heavy atom. The van der Waals surface area contributed by atoms with E-state index in [4.69, 9.17) is 4.74 Å². The minimum atomic E-state index is -0.0587. The van der Waals surface area contributed by atoms with Crippen molar-refractivity contribution in [1.29, 1.82) is 0 Å². The van der Waals surface area contributed by atoms with Crippen LogP contribution >= 0.6 is 0 Å². The van der Waals surface area contributed by atoms with Crippen LogP contribution in [0.25, 0.3) is 10.8 Å². The van der Waals surface area contributed by atoms with E-state index in [-0.39, 0.29) is 18.0 Å². The largest absolute Gasteiger partial charge is 0.462 e. The Balaban J connectivity index is 1.96. The number of fused-ring (bicyclic) bond motifs is 1. The van der Waals surface area contributed by atoms with Gasteiger partial charge in [0, 0.05) is 5.92 Å². The van der Waals surface area contributed by atoms with Gasteiger partial charge in [-0.25, -0.2) is 0 Å². The number of rotatable bonds is 3. The van der Waals surface area contributed by atoms with Gasteiger partial charge in [0.05, 0.1) is 6.42 Å². The Labute approximate surface area is 113 Å². The highest BCUT2D eigenvalue weighted by Crippen LogP contribution is 2.35. The Morgan fingerprint density at radius 3 is 2.74 bits per heavy atom. The SMILES string of the molecule is CCC[C@@H]1OC(=O)C[C@@H]1c1ccc2ccccc2c1. The summed E-state index contributed by atoms with van der Waals surface area (Å²) >= 11 is 0. The van der Waals surface area contributed by atoms with Gasteiger partial charge in [-0.2, -0.15) is 0 Å². The number of benzene rings is 2. The number of cyclic esters (lactones) is 1. The van der Waals surface area contributed by atoms with Crippen molar-refractivity contribution in [3.05, 3.63) is 48.0 Å². The fourth-order valence-corrected chi connectivity index (χ4v) is 2.93. The van der Waals surface area contributed by atoms with E-state index in [0.717, 1.165) is 12.8 Å². The van der Waals surface area contributed by atoms with E-state index in [1.54, 1.807) is 0 Å². The highest BCUT2D eigenvalue weighted by molar-refractivity contribution is 5.83. The molecule has 98 valence electrons. The third-order valence-electron chi connectivity index (χ3n) is 3.89. The van der Waals surface area contributed by atoms with Gasteiger partial charge in [0.25, 0.3) is 0 Å². The molecule has 0 aromatic heterocycles. The smallest absolute Gasteiger partial charge is 0.306 e. The molecule has 1 aliphatic heterocycles. The summed E-state index contributed by atoms with van der Waals surface area (Å²) in [6.45, 7) is 2.13. The minimum absolute atomic E-state index is 0.0543. The monoisotopic (exact) mass is 254 g/mol. The molecule has 0 saturated carbocycles. The molecular formula is C17H18O2. The zero-order chi connectivity index (χ0) is 13.2. The molecule has 2 atom stereocenters. The van der Waals surface area contributed by atoms with E-state index in [0.29, 0.717) is 6.42 Å². The summed E-state index contributed by atoms with van der Waals surface area (Å²) in [6.07, 6.45) is 2.56. The first-order valence-electron chi connectivity index (χ1n) is 6.96. The van der Waals surface area contributed by atoms with E-state index in [2.05, 4.69) is 37.3 Å². The Morgan fingerprint density at radius 1 is 1.16 bits per heavy atom. The molecule has 0 unspecified atom stereocenters. The van der Waals surface area contributed by atoms with Crippen molar-refractivity contribution < 1.29 is 9.53 Å². The van der Waals surface area contributed by atoms with Gasteiger partial charge in [-0.1, -0.05) is 55.8 Å². The van der Waals surface area contributed by atoms with Crippen molar-refractivity contribution >= 4 is 16.7 Å². The number of hydrogen-bond donors (Lipinski definition) is 0. The van der Waals surface area contributed by atoms with Gasteiger partial charge < -0.3 is 4.74 Å². The molecule has 3 rings (SSSR count). The van der Waals surface area contributed by atoms with Gasteiger partial charge in [-0.3, -0.25) is 4.79 Å². The van der Waals surface area contributed by atoms with Gasteiger partial charge in [-0.05, 0) is 22.8 Å². The van der Waals surface area contributed by atoms with Crippen LogP contribution in [-0.4, -0.2) is 12.1 Å². The molecule has 1 aliphatic rings. The van der Waals surface area contributed by atoms with Crippen LogP contribution in [-0.2, 0) is 9.53 Å². The van der Waals surface area contributed by atoms with Crippen molar-refractivity contribution in [3.63, 3.8) is 0 Å². The molecule has 2 nitrogen and oxygen atoms in total. The molecule has 0 amide bonds. The quantitative estimate of drug-likeness (QED) is 0.773. The minimum Gasteiger partial charge on any atom is -0.462 e. The number of hydrogen-bond acceptors (Lipinski definition) is 2. The first-order chi connectivity index (χ1) is 9.28. The van der Waals surface area contributed by atoms with Crippen molar-refractivity contribution in [2.45, 2.75) is 38.2 Å². The fraction of sp³-hybridized carbons (Fsp3) is 0.353. The maximum absolute atomic E-state index is 11.6. The lowest BCUT2D eigenvalue weighted by Gasteiger charge is -2.17. The molecule has 0 spiro atoms. The first kappa shape index (κ1) is 12.2. The van der Waals surface area contributed by atoms with Gasteiger partial charge in [0.2, 0.25) is 0 Å². The Hall–Kier alpha value is -1.83. The van der Waals surface area contributed by atoms with E-state index in [9.17, 15) is 4.79 Å². The molecule has 0 N–H and O–H groups in total. The molecule has 2 heteroatoms. The molecule has 2 aromatic rings. The van der Waals surface area contributed by atoms with Crippen molar-refractivity contribution in [2.24, 2.45) is 0 Å². The van der Waals surface area contributed by atoms with Crippen LogP contribution in [0.15, 0.2) is 42.5 Å². The normalized spacial score (nSPS) is 22.7. The second-order valence-electron chi connectivity index (χ2n) is 5.23. The molecule has 19 heavy (non-hydrogen) atoms. The van der Waals surface area contributed by atoms with E-state index >= 15 is 0 Å². The molecule has 0 bridgehead atoms. The van der Waals surface area contributed by atoms with E-state index in [1.807, 2.05) is 12.1 Å². The highest BCUT2D eigenvalue weighted by atomic mass is 16.5. The van der Waals surface area contributed by atoms with E-state index in [1.165, 1.54) is 16.3 Å². The second-order valence-corrected chi connectivity index (χ2v) is 5.23.